The lowest BCUT2D eigenvalue weighted by Crippen LogP contribution is -2.06. The Hall–Kier alpha value is -1.56. The van der Waals surface area contributed by atoms with Crippen LogP contribution in [0.1, 0.15) is 5.56 Å². The summed E-state index contributed by atoms with van der Waals surface area (Å²) < 4.78 is 39.7. The number of pyridine rings is 1. The molecular formula is C12H8BrF3N2. The van der Waals surface area contributed by atoms with E-state index < -0.39 is 17.6 Å². The second kappa shape index (κ2) is 5.39. The highest BCUT2D eigenvalue weighted by Crippen LogP contribution is 2.16. The predicted molar refractivity (Wildman–Crippen MR) is 65.6 cm³/mol. The molecule has 18 heavy (non-hydrogen) atoms. The van der Waals surface area contributed by atoms with Crippen molar-refractivity contribution in [1.82, 2.24) is 4.98 Å². The minimum Gasteiger partial charge on any atom is -0.363 e. The van der Waals surface area contributed by atoms with Crippen LogP contribution in [0, 0.1) is 17.6 Å². The molecule has 1 N–H and O–H groups in total. The van der Waals surface area contributed by atoms with Crippen molar-refractivity contribution in [2.24, 2.45) is 0 Å². The van der Waals surface area contributed by atoms with Gasteiger partial charge in [-0.1, -0.05) is 28.1 Å². The lowest BCUT2D eigenvalue weighted by molar-refractivity contribution is 0.466. The molecule has 1 aromatic heterocycles. The highest BCUT2D eigenvalue weighted by atomic mass is 79.9. The van der Waals surface area contributed by atoms with E-state index in [9.17, 15) is 13.2 Å². The molecule has 0 amide bonds. The zero-order chi connectivity index (χ0) is 13.1. The van der Waals surface area contributed by atoms with Crippen molar-refractivity contribution in [3.05, 3.63) is 58.0 Å². The fourth-order valence-corrected chi connectivity index (χ4v) is 1.85. The summed E-state index contributed by atoms with van der Waals surface area (Å²) in [6.07, 6.45) is 0. The van der Waals surface area contributed by atoms with Crippen molar-refractivity contribution in [2.75, 3.05) is 5.32 Å². The summed E-state index contributed by atoms with van der Waals surface area (Å²) in [5.41, 5.74) is 0.857. The largest absolute Gasteiger partial charge is 0.363 e. The van der Waals surface area contributed by atoms with E-state index in [-0.39, 0.29) is 12.4 Å². The molecule has 1 aromatic carbocycles. The molecule has 0 aliphatic rings. The lowest BCUT2D eigenvalue weighted by Gasteiger charge is -2.07. The number of hydrogen-bond acceptors (Lipinski definition) is 2. The molecule has 0 aliphatic heterocycles. The summed E-state index contributed by atoms with van der Waals surface area (Å²) in [6.45, 7) is 0.258. The first-order chi connectivity index (χ1) is 8.56. The maximum atomic E-state index is 13.3. The molecule has 2 aromatic rings. The van der Waals surface area contributed by atoms with Crippen LogP contribution in [0.3, 0.4) is 0 Å². The van der Waals surface area contributed by atoms with Crippen molar-refractivity contribution in [2.45, 2.75) is 6.54 Å². The summed E-state index contributed by atoms with van der Waals surface area (Å²) in [7, 11) is 0. The number of halogens is 4. The summed E-state index contributed by atoms with van der Waals surface area (Å²) in [5, 5.41) is 2.61. The number of rotatable bonds is 3. The molecule has 1 heterocycles. The van der Waals surface area contributed by atoms with Crippen LogP contribution < -0.4 is 5.32 Å². The van der Waals surface area contributed by atoms with Crippen LogP contribution in [0.2, 0.25) is 0 Å². The summed E-state index contributed by atoms with van der Waals surface area (Å²) in [6, 6.07) is 7.77. The number of hydrogen-bond donors (Lipinski definition) is 1. The standard InChI is InChI=1S/C12H8BrF3N2/c13-8-3-1-2-7(4-8)6-17-12-10(15)5-9(14)11(16)18-12/h1-5H,6H2,(H,17,18). The van der Waals surface area contributed by atoms with E-state index in [1.54, 1.807) is 0 Å². The first-order valence-corrected chi connectivity index (χ1v) is 5.85. The Morgan fingerprint density at radius 3 is 2.61 bits per heavy atom. The van der Waals surface area contributed by atoms with Crippen molar-refractivity contribution >= 4 is 21.7 Å². The van der Waals surface area contributed by atoms with Gasteiger partial charge in [-0.3, -0.25) is 0 Å². The number of benzene rings is 1. The van der Waals surface area contributed by atoms with E-state index in [0.29, 0.717) is 6.07 Å². The van der Waals surface area contributed by atoms with Crippen LogP contribution in [-0.2, 0) is 6.54 Å². The molecule has 6 heteroatoms. The molecule has 2 rings (SSSR count). The second-order valence-electron chi connectivity index (χ2n) is 3.57. The van der Waals surface area contributed by atoms with Crippen LogP contribution in [0.4, 0.5) is 19.0 Å². The Bertz CT molecular complexity index is 575. The van der Waals surface area contributed by atoms with Crippen molar-refractivity contribution in [3.8, 4) is 0 Å². The van der Waals surface area contributed by atoms with Crippen molar-refractivity contribution < 1.29 is 13.2 Å². The van der Waals surface area contributed by atoms with Crippen LogP contribution in [0.15, 0.2) is 34.8 Å². The van der Waals surface area contributed by atoms with Crippen LogP contribution in [0.25, 0.3) is 0 Å². The minimum absolute atomic E-state index is 0.258. The van der Waals surface area contributed by atoms with Gasteiger partial charge in [0, 0.05) is 17.1 Å². The van der Waals surface area contributed by atoms with E-state index in [4.69, 9.17) is 0 Å². The zero-order valence-corrected chi connectivity index (χ0v) is 10.6. The number of nitrogens with one attached hydrogen (secondary N) is 1. The summed E-state index contributed by atoms with van der Waals surface area (Å²) >= 11 is 3.30. The van der Waals surface area contributed by atoms with Gasteiger partial charge in [0.25, 0.3) is 5.95 Å². The van der Waals surface area contributed by atoms with Gasteiger partial charge in [-0.05, 0) is 17.7 Å². The molecule has 0 unspecified atom stereocenters. The van der Waals surface area contributed by atoms with Crippen LogP contribution >= 0.6 is 15.9 Å². The van der Waals surface area contributed by atoms with E-state index in [0.717, 1.165) is 10.0 Å². The van der Waals surface area contributed by atoms with E-state index in [1.165, 1.54) is 0 Å². The third kappa shape index (κ3) is 3.01. The van der Waals surface area contributed by atoms with Crippen molar-refractivity contribution in [3.63, 3.8) is 0 Å². The summed E-state index contributed by atoms with van der Waals surface area (Å²) in [4.78, 5) is 3.17. The van der Waals surface area contributed by atoms with Crippen molar-refractivity contribution in [1.29, 1.82) is 0 Å². The molecule has 0 saturated carbocycles. The average molecular weight is 317 g/mol. The Balaban J connectivity index is 2.13. The molecule has 0 radical (unpaired) electrons. The van der Waals surface area contributed by atoms with Gasteiger partial charge in [0.2, 0.25) is 0 Å². The fourth-order valence-electron chi connectivity index (χ4n) is 1.40. The monoisotopic (exact) mass is 316 g/mol. The predicted octanol–water partition coefficient (Wildman–Crippen LogP) is 3.87. The third-order valence-electron chi connectivity index (χ3n) is 2.24. The number of aromatic nitrogens is 1. The molecule has 94 valence electrons. The molecule has 0 atom stereocenters. The van der Waals surface area contributed by atoms with Gasteiger partial charge in [-0.2, -0.15) is 9.37 Å². The van der Waals surface area contributed by atoms with Gasteiger partial charge >= 0.3 is 0 Å². The zero-order valence-electron chi connectivity index (χ0n) is 9.05. The minimum atomic E-state index is -1.33. The smallest absolute Gasteiger partial charge is 0.251 e. The average Bonchev–Trinajstić information content (AvgIpc) is 2.32. The normalized spacial score (nSPS) is 10.4. The van der Waals surface area contributed by atoms with E-state index >= 15 is 0 Å². The molecule has 0 spiro atoms. The van der Waals surface area contributed by atoms with Crippen LogP contribution in [-0.4, -0.2) is 4.98 Å². The van der Waals surface area contributed by atoms with E-state index in [1.807, 2.05) is 24.3 Å². The molecule has 0 aliphatic carbocycles. The molecule has 0 bridgehead atoms. The Morgan fingerprint density at radius 1 is 1.11 bits per heavy atom. The van der Waals surface area contributed by atoms with Gasteiger partial charge in [-0.15, -0.1) is 0 Å². The molecule has 0 fully saturated rings. The van der Waals surface area contributed by atoms with Crippen LogP contribution in [0.5, 0.6) is 0 Å². The maximum Gasteiger partial charge on any atom is 0.251 e. The van der Waals surface area contributed by atoms with Gasteiger partial charge in [0.15, 0.2) is 17.5 Å². The first-order valence-electron chi connectivity index (χ1n) is 5.06. The summed E-state index contributed by atoms with van der Waals surface area (Å²) in [5.74, 6) is -3.87. The van der Waals surface area contributed by atoms with Gasteiger partial charge in [0.1, 0.15) is 0 Å². The molecular weight excluding hydrogens is 309 g/mol. The lowest BCUT2D eigenvalue weighted by atomic mass is 10.2. The fraction of sp³-hybridized carbons (Fsp3) is 0.0833. The highest BCUT2D eigenvalue weighted by molar-refractivity contribution is 9.10. The highest BCUT2D eigenvalue weighted by Gasteiger charge is 2.11. The second-order valence-corrected chi connectivity index (χ2v) is 4.49. The van der Waals surface area contributed by atoms with Gasteiger partial charge in [-0.25, -0.2) is 8.78 Å². The SMILES string of the molecule is Fc1cc(F)c(NCc2cccc(Br)c2)nc1F. The Kier molecular flexibility index (Phi) is 3.86. The topological polar surface area (TPSA) is 24.9 Å². The quantitative estimate of drug-likeness (QED) is 0.869. The molecule has 0 saturated heterocycles. The number of nitrogens with zero attached hydrogens (tertiary/aromatic N) is 1. The first kappa shape index (κ1) is 12.9. The molecule has 2 nitrogen and oxygen atoms in total. The Labute approximate surface area is 110 Å². The Morgan fingerprint density at radius 2 is 1.89 bits per heavy atom. The number of anilines is 1. The maximum absolute atomic E-state index is 13.3. The van der Waals surface area contributed by atoms with E-state index in [2.05, 4.69) is 26.2 Å². The van der Waals surface area contributed by atoms with Gasteiger partial charge in [0.05, 0.1) is 0 Å². The van der Waals surface area contributed by atoms with Gasteiger partial charge < -0.3 is 5.32 Å². The third-order valence-corrected chi connectivity index (χ3v) is 2.73.